The van der Waals surface area contributed by atoms with Crippen LogP contribution in [0.1, 0.15) is 51.6 Å². The summed E-state index contributed by atoms with van der Waals surface area (Å²) >= 11 is 3.65. The van der Waals surface area contributed by atoms with Crippen molar-refractivity contribution in [1.29, 1.82) is 0 Å². The molecule has 0 radical (unpaired) electrons. The molecule has 112 valence electrons. The molecule has 1 aliphatic carbocycles. The van der Waals surface area contributed by atoms with Crippen molar-refractivity contribution in [3.8, 4) is 5.75 Å². The van der Waals surface area contributed by atoms with Crippen LogP contribution in [-0.4, -0.2) is 13.2 Å². The molecular formula is C17H26BrNO. The maximum atomic E-state index is 5.73. The van der Waals surface area contributed by atoms with Crippen LogP contribution in [0.4, 0.5) is 0 Å². The Bertz CT molecular complexity index is 431. The summed E-state index contributed by atoms with van der Waals surface area (Å²) in [7, 11) is 0. The fourth-order valence-corrected chi connectivity index (χ4v) is 3.27. The van der Waals surface area contributed by atoms with Gasteiger partial charge in [-0.3, -0.25) is 0 Å². The minimum Gasteiger partial charge on any atom is -0.492 e. The maximum absolute atomic E-state index is 5.73. The van der Waals surface area contributed by atoms with E-state index < -0.39 is 0 Å². The molecule has 0 aliphatic heterocycles. The van der Waals surface area contributed by atoms with E-state index in [1.54, 1.807) is 0 Å². The molecule has 0 amide bonds. The minimum atomic E-state index is 0.448. The molecule has 0 heterocycles. The van der Waals surface area contributed by atoms with Gasteiger partial charge in [-0.25, -0.2) is 0 Å². The normalized spacial score (nSPS) is 17.8. The number of rotatable bonds is 8. The minimum absolute atomic E-state index is 0.448. The van der Waals surface area contributed by atoms with Crippen LogP contribution in [0.2, 0.25) is 0 Å². The number of benzene rings is 1. The lowest BCUT2D eigenvalue weighted by atomic mass is 9.90. The Morgan fingerprint density at radius 3 is 2.65 bits per heavy atom. The molecule has 2 rings (SSSR count). The van der Waals surface area contributed by atoms with Crippen molar-refractivity contribution in [1.82, 2.24) is 5.32 Å². The topological polar surface area (TPSA) is 21.3 Å². The van der Waals surface area contributed by atoms with Crippen molar-refractivity contribution in [3.63, 3.8) is 0 Å². The average molecular weight is 340 g/mol. The summed E-state index contributed by atoms with van der Waals surface area (Å²) in [6.45, 7) is 8.46. The molecule has 0 aromatic heterocycles. The van der Waals surface area contributed by atoms with E-state index in [1.807, 2.05) is 0 Å². The summed E-state index contributed by atoms with van der Waals surface area (Å²) in [6, 6.07) is 6.97. The number of hydrogen-bond donors (Lipinski definition) is 1. The molecule has 1 saturated carbocycles. The van der Waals surface area contributed by atoms with Crippen molar-refractivity contribution >= 4 is 15.9 Å². The van der Waals surface area contributed by atoms with E-state index in [2.05, 4.69) is 60.2 Å². The van der Waals surface area contributed by atoms with Crippen LogP contribution in [0.25, 0.3) is 0 Å². The molecular weight excluding hydrogens is 314 g/mol. The standard InChI is InChI=1S/C17H26BrNO/c1-4-10-20-16-9-8-14(11-15(16)18)17(19-5-2)12(3)13-6-7-13/h8-9,11-13,17,19H,4-7,10H2,1-3H3. The van der Waals surface area contributed by atoms with Gasteiger partial charge in [0.25, 0.3) is 0 Å². The maximum Gasteiger partial charge on any atom is 0.133 e. The predicted octanol–water partition coefficient (Wildman–Crippen LogP) is 4.93. The summed E-state index contributed by atoms with van der Waals surface area (Å²) < 4.78 is 6.80. The van der Waals surface area contributed by atoms with Crippen molar-refractivity contribution in [3.05, 3.63) is 28.2 Å². The van der Waals surface area contributed by atoms with Gasteiger partial charge in [0.2, 0.25) is 0 Å². The second kappa shape index (κ2) is 7.46. The Morgan fingerprint density at radius 1 is 1.35 bits per heavy atom. The van der Waals surface area contributed by atoms with Gasteiger partial charge in [-0.05, 0) is 71.3 Å². The van der Waals surface area contributed by atoms with Gasteiger partial charge in [0, 0.05) is 6.04 Å². The smallest absolute Gasteiger partial charge is 0.133 e. The fraction of sp³-hybridized carbons (Fsp3) is 0.647. The molecule has 2 nitrogen and oxygen atoms in total. The van der Waals surface area contributed by atoms with Gasteiger partial charge in [0.05, 0.1) is 11.1 Å². The van der Waals surface area contributed by atoms with E-state index in [0.29, 0.717) is 12.0 Å². The van der Waals surface area contributed by atoms with Crippen molar-refractivity contribution in [2.75, 3.05) is 13.2 Å². The summed E-state index contributed by atoms with van der Waals surface area (Å²) in [5.74, 6) is 2.54. The van der Waals surface area contributed by atoms with Crippen molar-refractivity contribution in [2.24, 2.45) is 11.8 Å². The fourth-order valence-electron chi connectivity index (χ4n) is 2.76. The first-order valence-electron chi connectivity index (χ1n) is 7.83. The molecule has 0 bridgehead atoms. The van der Waals surface area contributed by atoms with Crippen LogP contribution in [0.5, 0.6) is 5.75 Å². The van der Waals surface area contributed by atoms with Crippen LogP contribution in [0.3, 0.4) is 0 Å². The Labute approximate surface area is 131 Å². The molecule has 1 aromatic rings. The lowest BCUT2D eigenvalue weighted by Gasteiger charge is -2.26. The Kier molecular flexibility index (Phi) is 5.91. The first-order valence-corrected chi connectivity index (χ1v) is 8.62. The zero-order valence-corrected chi connectivity index (χ0v) is 14.4. The third-order valence-corrected chi connectivity index (χ3v) is 4.71. The Hall–Kier alpha value is -0.540. The lowest BCUT2D eigenvalue weighted by molar-refractivity contribution is 0.314. The lowest BCUT2D eigenvalue weighted by Crippen LogP contribution is -2.27. The highest BCUT2D eigenvalue weighted by atomic mass is 79.9. The molecule has 0 saturated heterocycles. The molecule has 1 N–H and O–H groups in total. The zero-order valence-electron chi connectivity index (χ0n) is 12.8. The summed E-state index contributed by atoms with van der Waals surface area (Å²) in [5, 5.41) is 3.65. The van der Waals surface area contributed by atoms with Gasteiger partial charge in [0.1, 0.15) is 5.75 Å². The molecule has 2 atom stereocenters. The average Bonchev–Trinajstić information content (AvgIpc) is 3.27. The third kappa shape index (κ3) is 3.98. The van der Waals surface area contributed by atoms with Crippen LogP contribution < -0.4 is 10.1 Å². The SMILES string of the molecule is CCCOc1ccc(C(NCC)C(C)C2CC2)cc1Br. The number of nitrogens with one attached hydrogen (secondary N) is 1. The molecule has 2 unspecified atom stereocenters. The van der Waals surface area contributed by atoms with Crippen molar-refractivity contribution < 1.29 is 4.74 Å². The van der Waals surface area contributed by atoms with E-state index in [-0.39, 0.29) is 0 Å². The molecule has 20 heavy (non-hydrogen) atoms. The van der Waals surface area contributed by atoms with E-state index in [1.165, 1.54) is 18.4 Å². The monoisotopic (exact) mass is 339 g/mol. The highest BCUT2D eigenvalue weighted by Crippen LogP contribution is 2.43. The number of ether oxygens (including phenoxy) is 1. The summed E-state index contributed by atoms with van der Waals surface area (Å²) in [6.07, 6.45) is 3.82. The molecule has 1 aromatic carbocycles. The van der Waals surface area contributed by atoms with Gasteiger partial charge in [0.15, 0.2) is 0 Å². The van der Waals surface area contributed by atoms with E-state index in [9.17, 15) is 0 Å². The summed E-state index contributed by atoms with van der Waals surface area (Å²) in [4.78, 5) is 0. The highest BCUT2D eigenvalue weighted by Gasteiger charge is 2.33. The molecule has 3 heteroatoms. The zero-order chi connectivity index (χ0) is 14.5. The summed E-state index contributed by atoms with van der Waals surface area (Å²) in [5.41, 5.74) is 1.36. The van der Waals surface area contributed by atoms with Gasteiger partial charge in [-0.15, -0.1) is 0 Å². The van der Waals surface area contributed by atoms with E-state index in [4.69, 9.17) is 4.74 Å². The third-order valence-electron chi connectivity index (χ3n) is 4.09. The molecule has 1 fully saturated rings. The second-order valence-electron chi connectivity index (χ2n) is 5.77. The predicted molar refractivity (Wildman–Crippen MR) is 88.2 cm³/mol. The highest BCUT2D eigenvalue weighted by molar-refractivity contribution is 9.10. The van der Waals surface area contributed by atoms with E-state index in [0.717, 1.165) is 35.7 Å². The number of halogens is 1. The first kappa shape index (κ1) is 15.8. The van der Waals surface area contributed by atoms with Gasteiger partial charge in [-0.2, -0.15) is 0 Å². The Morgan fingerprint density at radius 2 is 2.10 bits per heavy atom. The van der Waals surface area contributed by atoms with Crippen LogP contribution in [-0.2, 0) is 0 Å². The van der Waals surface area contributed by atoms with Gasteiger partial charge in [-0.1, -0.05) is 26.8 Å². The van der Waals surface area contributed by atoms with Crippen LogP contribution in [0.15, 0.2) is 22.7 Å². The molecule has 0 spiro atoms. The van der Waals surface area contributed by atoms with Crippen molar-refractivity contribution in [2.45, 2.75) is 46.1 Å². The largest absolute Gasteiger partial charge is 0.492 e. The van der Waals surface area contributed by atoms with Gasteiger partial charge < -0.3 is 10.1 Å². The first-order chi connectivity index (χ1) is 9.67. The van der Waals surface area contributed by atoms with Crippen LogP contribution in [0, 0.1) is 11.8 Å². The van der Waals surface area contributed by atoms with E-state index >= 15 is 0 Å². The second-order valence-corrected chi connectivity index (χ2v) is 6.62. The van der Waals surface area contributed by atoms with Gasteiger partial charge >= 0.3 is 0 Å². The number of hydrogen-bond acceptors (Lipinski definition) is 2. The van der Waals surface area contributed by atoms with Crippen LogP contribution >= 0.6 is 15.9 Å². The quantitative estimate of drug-likeness (QED) is 0.724. The Balaban J connectivity index is 2.13. The molecule has 1 aliphatic rings.